The van der Waals surface area contributed by atoms with Crippen LogP contribution in [0.5, 0.6) is 5.75 Å². The van der Waals surface area contributed by atoms with Gasteiger partial charge in [0.25, 0.3) is 0 Å². The molecule has 0 aliphatic rings. The second-order valence-corrected chi connectivity index (χ2v) is 18.4. The molecule has 2 N–H and O–H groups in total. The van der Waals surface area contributed by atoms with E-state index >= 15 is 0 Å². The lowest BCUT2D eigenvalue weighted by Gasteiger charge is -2.29. The zero-order valence-electron chi connectivity index (χ0n) is 34.4. The van der Waals surface area contributed by atoms with Gasteiger partial charge in [0, 0.05) is 45.9 Å². The van der Waals surface area contributed by atoms with Crippen LogP contribution in [0.4, 0.5) is 0 Å². The number of aromatic hydroxyl groups is 1. The van der Waals surface area contributed by atoms with Gasteiger partial charge in [-0.3, -0.25) is 0 Å². The van der Waals surface area contributed by atoms with E-state index in [1.54, 1.807) is 6.07 Å². The fraction of sp³-hybridized carbons (Fsp3) is 0.294. The lowest BCUT2D eigenvalue weighted by atomic mass is 9.76. The molecule has 0 amide bonds. The van der Waals surface area contributed by atoms with Gasteiger partial charge in [0.1, 0.15) is 5.75 Å². The average Bonchev–Trinajstić information content (AvgIpc) is 3.49. The summed E-state index contributed by atoms with van der Waals surface area (Å²) < 4.78 is 0. The molecule has 7 aromatic rings. The fourth-order valence-electron chi connectivity index (χ4n) is 7.74. The molecule has 2 aromatic heterocycles. The average molecular weight is 726 g/mol. The number of rotatable bonds is 6. The first kappa shape index (κ1) is 37.8. The van der Waals surface area contributed by atoms with Crippen LogP contribution >= 0.6 is 0 Å². The van der Waals surface area contributed by atoms with Crippen molar-refractivity contribution in [3.05, 3.63) is 160 Å². The van der Waals surface area contributed by atoms with Crippen LogP contribution in [-0.2, 0) is 16.2 Å². The zero-order valence-corrected chi connectivity index (χ0v) is 34.4. The van der Waals surface area contributed by atoms with E-state index in [4.69, 9.17) is 9.97 Å². The minimum Gasteiger partial charge on any atom is -0.507 e. The van der Waals surface area contributed by atoms with E-state index in [9.17, 15) is 5.11 Å². The second kappa shape index (κ2) is 14.0. The maximum Gasteiger partial charge on any atom is 0.159 e. The first-order chi connectivity index (χ1) is 25.9. The molecule has 2 heterocycles. The number of aromatic nitrogens is 3. The van der Waals surface area contributed by atoms with E-state index in [0.29, 0.717) is 5.82 Å². The van der Waals surface area contributed by atoms with E-state index in [1.165, 1.54) is 33.4 Å². The Morgan fingerprint density at radius 2 is 1.15 bits per heavy atom. The second-order valence-electron chi connectivity index (χ2n) is 18.4. The number of hydrogen-bond donors (Lipinski definition) is 2. The van der Waals surface area contributed by atoms with Gasteiger partial charge in [-0.05, 0) is 104 Å². The van der Waals surface area contributed by atoms with Crippen LogP contribution in [0.1, 0.15) is 113 Å². The molecule has 0 aliphatic carbocycles. The monoisotopic (exact) mass is 725 g/mol. The summed E-state index contributed by atoms with van der Waals surface area (Å²) in [5.74, 6) is 0.774. The Kier molecular flexibility index (Phi) is 9.62. The molecule has 1 atom stereocenters. The van der Waals surface area contributed by atoms with Crippen molar-refractivity contribution in [2.45, 2.75) is 98.3 Å². The lowest BCUT2D eigenvalue weighted by molar-refractivity contribution is 0.477. The van der Waals surface area contributed by atoms with Crippen LogP contribution < -0.4 is 0 Å². The Bertz CT molecular complexity index is 2460. The molecule has 0 spiro atoms. The van der Waals surface area contributed by atoms with E-state index in [0.717, 1.165) is 50.0 Å². The van der Waals surface area contributed by atoms with Crippen molar-refractivity contribution in [1.29, 1.82) is 0 Å². The maximum atomic E-state index is 11.3. The summed E-state index contributed by atoms with van der Waals surface area (Å²) >= 11 is 0. The van der Waals surface area contributed by atoms with Gasteiger partial charge in [-0.1, -0.05) is 141 Å². The number of fused-ring (bicyclic) bond motifs is 1. The Balaban J connectivity index is 1.54. The molecule has 0 aliphatic heterocycles. The third kappa shape index (κ3) is 7.48. The largest absolute Gasteiger partial charge is 0.507 e. The van der Waals surface area contributed by atoms with Crippen LogP contribution in [0.15, 0.2) is 116 Å². The molecule has 55 heavy (non-hydrogen) atoms. The van der Waals surface area contributed by atoms with E-state index in [1.807, 2.05) is 30.6 Å². The summed E-state index contributed by atoms with van der Waals surface area (Å²) in [6, 6.07) is 36.9. The quantitative estimate of drug-likeness (QED) is 0.179. The van der Waals surface area contributed by atoms with E-state index in [-0.39, 0.29) is 27.9 Å². The Labute approximate surface area is 327 Å². The van der Waals surface area contributed by atoms with Crippen molar-refractivity contribution >= 4 is 10.8 Å². The minimum atomic E-state index is -0.176. The van der Waals surface area contributed by atoms with Gasteiger partial charge >= 0.3 is 0 Å². The fourth-order valence-corrected chi connectivity index (χ4v) is 7.74. The number of nitrogens with one attached hydrogen (secondary N) is 1. The highest BCUT2D eigenvalue weighted by atomic mass is 16.3. The number of hydrogen-bond acceptors (Lipinski definition) is 3. The smallest absolute Gasteiger partial charge is 0.159 e. The number of aryl methyl sites for hydroxylation is 2. The Morgan fingerprint density at radius 1 is 0.545 bits per heavy atom. The van der Waals surface area contributed by atoms with Crippen LogP contribution in [-0.4, -0.2) is 20.1 Å². The molecule has 4 nitrogen and oxygen atoms in total. The molecular weight excluding hydrogens is 671 g/mol. The number of phenolic OH excluding ortho intramolecular Hbond substituents is 1. The minimum absolute atomic E-state index is 0.0361. The molecule has 0 radical (unpaired) electrons. The Hall–Kier alpha value is -5.48. The van der Waals surface area contributed by atoms with E-state index < -0.39 is 0 Å². The zero-order chi connectivity index (χ0) is 39.4. The van der Waals surface area contributed by atoms with Gasteiger partial charge in [-0.15, -0.1) is 0 Å². The first-order valence-corrected chi connectivity index (χ1v) is 19.5. The predicted octanol–water partition coefficient (Wildman–Crippen LogP) is 13.4. The Morgan fingerprint density at radius 3 is 1.75 bits per heavy atom. The van der Waals surface area contributed by atoms with Crippen molar-refractivity contribution in [2.24, 2.45) is 0 Å². The molecule has 0 bridgehead atoms. The van der Waals surface area contributed by atoms with Gasteiger partial charge in [0.15, 0.2) is 5.82 Å². The van der Waals surface area contributed by atoms with Gasteiger partial charge in [0.2, 0.25) is 0 Å². The van der Waals surface area contributed by atoms with Crippen molar-refractivity contribution in [3.8, 4) is 39.5 Å². The SMILES string of the molecule is Cc1cccc(C)c1-c1ccc2c(C(c3cccc(-c4ncc(C(C)(C)C)cn4)c3)c3cc(C(C)(C)C)cc(C(C)(C)C)c3)[nH]c(-c3ccccc3O)c2c1. The number of aromatic amines is 1. The number of H-pyrrole nitrogens is 1. The summed E-state index contributed by atoms with van der Waals surface area (Å²) in [7, 11) is 0. The summed E-state index contributed by atoms with van der Waals surface area (Å²) in [5, 5.41) is 13.5. The molecule has 5 aromatic carbocycles. The van der Waals surface area contributed by atoms with Crippen LogP contribution in [0.25, 0.3) is 44.5 Å². The summed E-state index contributed by atoms with van der Waals surface area (Å²) in [6.07, 6.45) is 3.92. The van der Waals surface area contributed by atoms with Gasteiger partial charge in [-0.2, -0.15) is 0 Å². The van der Waals surface area contributed by atoms with Crippen molar-refractivity contribution in [3.63, 3.8) is 0 Å². The van der Waals surface area contributed by atoms with Crippen molar-refractivity contribution < 1.29 is 5.11 Å². The van der Waals surface area contributed by atoms with Crippen molar-refractivity contribution in [2.75, 3.05) is 0 Å². The highest BCUT2D eigenvalue weighted by molar-refractivity contribution is 6.02. The molecule has 0 saturated heterocycles. The standard InChI is InChI=1S/C51H55N3O/c1-31-16-14-17-32(2)44(31)34-22-23-40-42(27-34)46(41-20-12-13-21-43(41)55)54-47(40)45(36-25-37(49(3,4)5)28-38(26-36)50(6,7)8)33-18-15-19-35(24-33)48-52-29-39(30-53-48)51(9,10)11/h12-30,45,54-55H,1-11H3. The van der Waals surface area contributed by atoms with Crippen LogP contribution in [0, 0.1) is 13.8 Å². The predicted molar refractivity (Wildman–Crippen MR) is 231 cm³/mol. The number of benzene rings is 5. The molecule has 4 heteroatoms. The number of nitrogens with zero attached hydrogens (tertiary/aromatic N) is 2. The summed E-state index contributed by atoms with van der Waals surface area (Å²) in [6.45, 7) is 24.7. The molecule has 0 fully saturated rings. The van der Waals surface area contributed by atoms with Crippen LogP contribution in [0.2, 0.25) is 0 Å². The molecule has 1 unspecified atom stereocenters. The van der Waals surface area contributed by atoms with Gasteiger partial charge in [0.05, 0.1) is 5.69 Å². The van der Waals surface area contributed by atoms with Crippen LogP contribution in [0.3, 0.4) is 0 Å². The normalized spacial score (nSPS) is 13.0. The molecule has 280 valence electrons. The maximum absolute atomic E-state index is 11.3. The molecule has 7 rings (SSSR count). The van der Waals surface area contributed by atoms with E-state index in [2.05, 4.69) is 160 Å². The molecule has 0 saturated carbocycles. The lowest BCUT2D eigenvalue weighted by Crippen LogP contribution is -2.18. The van der Waals surface area contributed by atoms with Crippen molar-refractivity contribution in [1.82, 2.24) is 15.0 Å². The van der Waals surface area contributed by atoms with Gasteiger partial charge in [-0.25, -0.2) is 9.97 Å². The number of para-hydroxylation sites is 1. The van der Waals surface area contributed by atoms with Gasteiger partial charge < -0.3 is 10.1 Å². The highest BCUT2D eigenvalue weighted by Crippen LogP contribution is 2.45. The highest BCUT2D eigenvalue weighted by Gasteiger charge is 2.29. The third-order valence-electron chi connectivity index (χ3n) is 11.1. The molecular formula is C51H55N3O. The first-order valence-electron chi connectivity index (χ1n) is 19.5. The third-order valence-corrected chi connectivity index (χ3v) is 11.1. The summed E-state index contributed by atoms with van der Waals surface area (Å²) in [4.78, 5) is 13.7. The summed E-state index contributed by atoms with van der Waals surface area (Å²) in [5.41, 5.74) is 14.5. The topological polar surface area (TPSA) is 61.8 Å². The number of phenols is 1.